The zero-order valence-corrected chi connectivity index (χ0v) is 23.6. The Morgan fingerprint density at radius 2 is 2.00 bits per heavy atom. The number of carbonyl (C=O) groups is 1. The molecule has 0 bridgehead atoms. The number of furan rings is 1. The number of nitrogens with zero attached hydrogens (tertiary/aromatic N) is 3. The lowest BCUT2D eigenvalue weighted by Crippen LogP contribution is -2.32. The second-order valence-electron chi connectivity index (χ2n) is 9.78. The molecule has 1 fully saturated rings. The number of non-ortho nitro benzene ring substituents is 1. The first kappa shape index (κ1) is 27.8. The van der Waals surface area contributed by atoms with Crippen LogP contribution in [-0.2, 0) is 4.79 Å². The second kappa shape index (κ2) is 11.8. The molecule has 0 radical (unpaired) electrons. The number of thiocarbonyl (C=S) groups is 1. The summed E-state index contributed by atoms with van der Waals surface area (Å²) < 4.78 is 11.8. The van der Waals surface area contributed by atoms with Crippen molar-refractivity contribution in [3.8, 4) is 17.1 Å². The van der Waals surface area contributed by atoms with E-state index in [0.29, 0.717) is 34.5 Å². The number of pyridine rings is 1. The van der Waals surface area contributed by atoms with Gasteiger partial charge in [0.15, 0.2) is 5.11 Å². The summed E-state index contributed by atoms with van der Waals surface area (Å²) in [4.78, 5) is 30.2. The molecule has 10 nitrogen and oxygen atoms in total. The lowest BCUT2D eigenvalue weighted by atomic mass is 10.0. The predicted molar refractivity (Wildman–Crippen MR) is 159 cm³/mol. The van der Waals surface area contributed by atoms with Crippen molar-refractivity contribution in [2.24, 2.45) is 0 Å². The molecular weight excluding hydrogens is 542 g/mol. The van der Waals surface area contributed by atoms with Crippen molar-refractivity contribution >= 4 is 34.6 Å². The molecule has 1 amide bonds. The first-order valence-electron chi connectivity index (χ1n) is 13.0. The summed E-state index contributed by atoms with van der Waals surface area (Å²) in [5, 5.41) is 18.1. The minimum Gasteiger partial charge on any atom is -0.496 e. The lowest BCUT2D eigenvalue weighted by molar-refractivity contribution is -0.384. The number of aromatic nitrogens is 1. The Bertz CT molecular complexity index is 1610. The van der Waals surface area contributed by atoms with Gasteiger partial charge < -0.3 is 24.7 Å². The normalized spacial score (nSPS) is 16.4. The van der Waals surface area contributed by atoms with Crippen LogP contribution >= 0.6 is 12.2 Å². The Labute approximate surface area is 242 Å². The summed E-state index contributed by atoms with van der Waals surface area (Å²) in [5.74, 6) is 1.27. The Balaban J connectivity index is 1.43. The van der Waals surface area contributed by atoms with Crippen molar-refractivity contribution in [2.45, 2.75) is 32.4 Å². The highest BCUT2D eigenvalue weighted by molar-refractivity contribution is 7.80. The average Bonchev–Trinajstić information content (AvgIpc) is 3.58. The number of hydrogen-bond acceptors (Lipinski definition) is 7. The Hall–Kier alpha value is -4.77. The molecule has 1 aliphatic heterocycles. The summed E-state index contributed by atoms with van der Waals surface area (Å²) >= 11 is 5.72. The predicted octanol–water partition coefficient (Wildman–Crippen LogP) is 5.88. The first-order chi connectivity index (χ1) is 19.7. The molecule has 5 rings (SSSR count). The van der Waals surface area contributed by atoms with Gasteiger partial charge in [-0.2, -0.15) is 0 Å². The smallest absolute Gasteiger partial charge is 0.273 e. The van der Waals surface area contributed by atoms with E-state index in [9.17, 15) is 14.9 Å². The molecule has 2 aromatic heterocycles. The van der Waals surface area contributed by atoms with E-state index in [4.69, 9.17) is 21.4 Å². The van der Waals surface area contributed by atoms with Gasteiger partial charge >= 0.3 is 0 Å². The zero-order chi connectivity index (χ0) is 29.1. The number of nitro groups is 1. The molecule has 11 heteroatoms. The van der Waals surface area contributed by atoms with Gasteiger partial charge in [-0.15, -0.1) is 0 Å². The molecule has 0 spiro atoms. The van der Waals surface area contributed by atoms with Crippen molar-refractivity contribution in [3.05, 3.63) is 106 Å². The van der Waals surface area contributed by atoms with Gasteiger partial charge in [0.25, 0.3) is 5.69 Å². The standard InChI is InChI=1S/C30H29N5O5S/c1-18-7-8-19(2)23(16-18)32-27(36)13-15-34-29(28(33-30(34)41)22-6-4-5-14-31-22)25-12-11-24(40-25)21-10-9-20(35(37)38)17-26(21)39-3/h4-12,14,16-17,28-29H,13,15H2,1-3H3,(H,32,36)(H,33,41)/t28-,29-/m1/s1. The maximum Gasteiger partial charge on any atom is 0.273 e. The van der Waals surface area contributed by atoms with Gasteiger partial charge in [0, 0.05) is 30.9 Å². The minimum absolute atomic E-state index is 0.0803. The summed E-state index contributed by atoms with van der Waals surface area (Å²) in [7, 11) is 1.45. The van der Waals surface area contributed by atoms with Gasteiger partial charge in [-0.3, -0.25) is 19.9 Å². The average molecular weight is 572 g/mol. The zero-order valence-electron chi connectivity index (χ0n) is 22.8. The molecule has 2 aromatic carbocycles. The van der Waals surface area contributed by atoms with E-state index in [1.807, 2.05) is 61.2 Å². The second-order valence-corrected chi connectivity index (χ2v) is 10.2. The molecule has 1 aliphatic rings. The molecule has 0 saturated carbocycles. The van der Waals surface area contributed by atoms with Gasteiger partial charge in [-0.25, -0.2) is 0 Å². The number of methoxy groups -OCH3 is 1. The van der Waals surface area contributed by atoms with E-state index in [-0.39, 0.29) is 24.1 Å². The fourth-order valence-electron chi connectivity index (χ4n) is 4.91. The van der Waals surface area contributed by atoms with E-state index >= 15 is 0 Å². The van der Waals surface area contributed by atoms with Crippen molar-refractivity contribution in [3.63, 3.8) is 0 Å². The van der Waals surface area contributed by atoms with Crippen LogP contribution in [0.1, 0.15) is 41.1 Å². The molecule has 3 heterocycles. The van der Waals surface area contributed by atoms with E-state index in [2.05, 4.69) is 15.6 Å². The number of anilines is 1. The van der Waals surface area contributed by atoms with Crippen LogP contribution < -0.4 is 15.4 Å². The van der Waals surface area contributed by atoms with Crippen molar-refractivity contribution in [1.82, 2.24) is 15.2 Å². The summed E-state index contributed by atoms with van der Waals surface area (Å²) in [6, 6.07) is 18.9. The molecule has 4 aromatic rings. The molecule has 2 atom stereocenters. The van der Waals surface area contributed by atoms with E-state index in [1.54, 1.807) is 18.3 Å². The van der Waals surface area contributed by atoms with Crippen LogP contribution in [0.15, 0.2) is 77.3 Å². The molecule has 1 saturated heterocycles. The van der Waals surface area contributed by atoms with Gasteiger partial charge in [0.2, 0.25) is 5.91 Å². The molecule has 2 N–H and O–H groups in total. The van der Waals surface area contributed by atoms with Crippen LogP contribution in [0, 0.1) is 24.0 Å². The Morgan fingerprint density at radius 3 is 2.73 bits per heavy atom. The maximum atomic E-state index is 13.0. The van der Waals surface area contributed by atoms with Crippen LogP contribution in [0.25, 0.3) is 11.3 Å². The highest BCUT2D eigenvalue weighted by Crippen LogP contribution is 2.42. The third-order valence-electron chi connectivity index (χ3n) is 7.02. The first-order valence-corrected chi connectivity index (χ1v) is 13.4. The van der Waals surface area contributed by atoms with E-state index in [0.717, 1.165) is 22.5 Å². The number of nitro benzene ring substituents is 1. The number of nitrogens with one attached hydrogen (secondary N) is 2. The Kier molecular flexibility index (Phi) is 7.97. The fraction of sp³-hybridized carbons (Fsp3) is 0.233. The van der Waals surface area contributed by atoms with Crippen molar-refractivity contribution in [2.75, 3.05) is 19.0 Å². The third kappa shape index (κ3) is 5.90. The molecule has 41 heavy (non-hydrogen) atoms. The van der Waals surface area contributed by atoms with Crippen LogP contribution in [0.5, 0.6) is 5.75 Å². The molecular formula is C30H29N5O5S. The van der Waals surface area contributed by atoms with Crippen LogP contribution in [0.4, 0.5) is 11.4 Å². The van der Waals surface area contributed by atoms with Crippen molar-refractivity contribution in [1.29, 1.82) is 0 Å². The highest BCUT2D eigenvalue weighted by Gasteiger charge is 2.41. The quantitative estimate of drug-likeness (QED) is 0.144. The molecule has 0 aliphatic carbocycles. The minimum atomic E-state index is -0.475. The van der Waals surface area contributed by atoms with Crippen LogP contribution in [0.2, 0.25) is 0 Å². The molecule has 210 valence electrons. The largest absolute Gasteiger partial charge is 0.496 e. The summed E-state index contributed by atoms with van der Waals surface area (Å²) in [6.07, 6.45) is 1.91. The maximum absolute atomic E-state index is 13.0. The highest BCUT2D eigenvalue weighted by atomic mass is 32.1. The SMILES string of the molecule is COc1cc([N+](=O)[O-])ccc1-c1ccc([C@@H]2[C@@H](c3ccccn3)NC(=S)N2CCC(=O)Nc2cc(C)ccc2C)o1. The number of rotatable bonds is 9. The topological polar surface area (TPSA) is 123 Å². The van der Waals surface area contributed by atoms with Gasteiger partial charge in [-0.05, 0) is 73.6 Å². The Morgan fingerprint density at radius 1 is 1.17 bits per heavy atom. The van der Waals surface area contributed by atoms with Gasteiger partial charge in [0.1, 0.15) is 23.3 Å². The number of carbonyl (C=O) groups excluding carboxylic acids is 1. The van der Waals surface area contributed by atoms with Crippen LogP contribution in [-0.4, -0.2) is 39.5 Å². The van der Waals surface area contributed by atoms with E-state index < -0.39 is 11.0 Å². The van der Waals surface area contributed by atoms with Gasteiger partial charge in [-0.1, -0.05) is 18.2 Å². The van der Waals surface area contributed by atoms with Crippen LogP contribution in [0.3, 0.4) is 0 Å². The number of aryl methyl sites for hydroxylation is 2. The van der Waals surface area contributed by atoms with E-state index in [1.165, 1.54) is 19.2 Å². The number of amides is 1. The monoisotopic (exact) mass is 571 g/mol. The van der Waals surface area contributed by atoms with Gasteiger partial charge in [0.05, 0.1) is 35.4 Å². The fourth-order valence-corrected chi connectivity index (χ4v) is 5.25. The van der Waals surface area contributed by atoms with Crippen molar-refractivity contribution < 1.29 is 18.9 Å². The molecule has 0 unspecified atom stereocenters. The number of benzene rings is 2. The summed E-state index contributed by atoms with van der Waals surface area (Å²) in [6.45, 7) is 4.28. The third-order valence-corrected chi connectivity index (χ3v) is 7.38. The lowest BCUT2D eigenvalue weighted by Gasteiger charge is -2.26. The summed E-state index contributed by atoms with van der Waals surface area (Å²) in [5.41, 5.74) is 4.10. The number of ether oxygens (including phenoxy) is 1. The number of hydrogen-bond donors (Lipinski definition) is 2.